The molecule has 0 radical (unpaired) electrons. The van der Waals surface area contributed by atoms with Gasteiger partial charge in [0.1, 0.15) is 0 Å². The highest BCUT2D eigenvalue weighted by molar-refractivity contribution is 4.57. The molecule has 0 amide bonds. The van der Waals surface area contributed by atoms with Crippen molar-refractivity contribution < 1.29 is 26.7 Å². The van der Waals surface area contributed by atoms with Gasteiger partial charge in [-0.25, -0.2) is 8.78 Å². The molecule has 0 heterocycles. The normalized spacial score (nSPS) is 8.07. The Balaban J connectivity index is -0.000000138. The van der Waals surface area contributed by atoms with Gasteiger partial charge in [-0.3, -0.25) is 0 Å². The summed E-state index contributed by atoms with van der Waals surface area (Å²) in [5.74, 6) is 0. The van der Waals surface area contributed by atoms with E-state index in [-0.39, 0.29) is 6.33 Å². The highest BCUT2D eigenvalue weighted by Gasteiger charge is 2.26. The van der Waals surface area contributed by atoms with E-state index in [2.05, 4.69) is 24.5 Å². The third-order valence-corrected chi connectivity index (χ3v) is 0.344. The third-order valence-electron chi connectivity index (χ3n) is 0.344. The fourth-order valence-corrected chi connectivity index (χ4v) is 0.0680. The van der Waals surface area contributed by atoms with Crippen LogP contribution in [0.25, 0.3) is 0 Å². The van der Waals surface area contributed by atoms with Crippen molar-refractivity contribution in [1.82, 2.24) is 0 Å². The molecule has 0 spiro atoms. The van der Waals surface area contributed by atoms with Gasteiger partial charge in [0.15, 0.2) is 6.67 Å². The molecule has 84 valence electrons. The van der Waals surface area contributed by atoms with Crippen LogP contribution in [0.2, 0.25) is 0 Å². The first-order chi connectivity index (χ1) is 6.39. The lowest BCUT2D eigenvalue weighted by molar-refractivity contribution is -0.142. The molecule has 0 atom stereocenters. The van der Waals surface area contributed by atoms with Crippen LogP contribution in [0.5, 0.6) is 0 Å². The van der Waals surface area contributed by atoms with E-state index in [1.165, 1.54) is 12.5 Å². The molecule has 0 unspecified atom stereocenters. The van der Waals surface area contributed by atoms with Crippen molar-refractivity contribution in [2.75, 3.05) is 6.67 Å². The molecule has 0 rings (SSSR count). The first-order valence-corrected chi connectivity index (χ1v) is 3.10. The SMILES string of the molecule is C=CF.C=COC=C.FCC(F)(F)F. The first-order valence-electron chi connectivity index (χ1n) is 3.10. The lowest BCUT2D eigenvalue weighted by atomic mass is 10.8. The Bertz CT molecular complexity index is 135. The average Bonchev–Trinajstić information content (AvgIpc) is 2.07. The molecule has 1 nitrogen and oxygen atoms in total. The van der Waals surface area contributed by atoms with Crippen LogP contribution >= 0.6 is 0 Å². The Morgan fingerprint density at radius 2 is 1.29 bits per heavy atom. The zero-order valence-electron chi connectivity index (χ0n) is 7.36. The van der Waals surface area contributed by atoms with Gasteiger partial charge in [-0.2, -0.15) is 13.2 Å². The van der Waals surface area contributed by atoms with Gasteiger partial charge in [-0.15, -0.1) is 0 Å². The molecule has 0 N–H and O–H groups in total. The zero-order chi connectivity index (χ0) is 12.0. The fourth-order valence-electron chi connectivity index (χ4n) is 0.0680. The maximum absolute atomic E-state index is 10.4. The van der Waals surface area contributed by atoms with E-state index in [4.69, 9.17) is 0 Å². The maximum Gasteiger partial charge on any atom is 0.416 e. The summed E-state index contributed by atoms with van der Waals surface area (Å²) in [7, 11) is 0. The van der Waals surface area contributed by atoms with Crippen molar-refractivity contribution in [2.24, 2.45) is 0 Å². The van der Waals surface area contributed by atoms with Crippen LogP contribution < -0.4 is 0 Å². The van der Waals surface area contributed by atoms with Crippen molar-refractivity contribution in [3.05, 3.63) is 38.6 Å². The summed E-state index contributed by atoms with van der Waals surface area (Å²) in [4.78, 5) is 0. The molecule has 0 saturated heterocycles. The van der Waals surface area contributed by atoms with Crippen molar-refractivity contribution in [3.63, 3.8) is 0 Å². The molecule has 0 aromatic heterocycles. The summed E-state index contributed by atoms with van der Waals surface area (Å²) >= 11 is 0. The van der Waals surface area contributed by atoms with Gasteiger partial charge >= 0.3 is 6.18 Å². The van der Waals surface area contributed by atoms with Crippen molar-refractivity contribution in [1.29, 1.82) is 0 Å². The van der Waals surface area contributed by atoms with Crippen LogP contribution in [0.4, 0.5) is 22.0 Å². The van der Waals surface area contributed by atoms with E-state index >= 15 is 0 Å². The minimum Gasteiger partial charge on any atom is -0.474 e. The van der Waals surface area contributed by atoms with Crippen LogP contribution in [-0.2, 0) is 4.74 Å². The van der Waals surface area contributed by atoms with E-state index in [0.29, 0.717) is 0 Å². The van der Waals surface area contributed by atoms with Crippen molar-refractivity contribution in [3.8, 4) is 0 Å². The summed E-state index contributed by atoms with van der Waals surface area (Å²) in [6.45, 7) is 6.98. The van der Waals surface area contributed by atoms with Gasteiger partial charge in [-0.05, 0) is 0 Å². The lowest BCUT2D eigenvalue weighted by Gasteiger charge is -1.93. The van der Waals surface area contributed by atoms with Gasteiger partial charge in [0.05, 0.1) is 18.9 Å². The highest BCUT2D eigenvalue weighted by atomic mass is 19.4. The number of hydrogen-bond acceptors (Lipinski definition) is 1. The Morgan fingerprint density at radius 3 is 1.29 bits per heavy atom. The molecule has 0 bridgehead atoms. The molecule has 0 aliphatic carbocycles. The number of rotatable bonds is 2. The summed E-state index contributed by atoms with van der Waals surface area (Å²) in [5, 5.41) is 0. The van der Waals surface area contributed by atoms with Crippen LogP contribution in [-0.4, -0.2) is 12.9 Å². The molecule has 0 aliphatic rings. The van der Waals surface area contributed by atoms with E-state index in [0.717, 1.165) is 0 Å². The summed E-state index contributed by atoms with van der Waals surface area (Å²) in [5.41, 5.74) is 0. The smallest absolute Gasteiger partial charge is 0.416 e. The molecule has 0 aliphatic heterocycles. The van der Waals surface area contributed by atoms with Crippen molar-refractivity contribution >= 4 is 0 Å². The fraction of sp³-hybridized carbons (Fsp3) is 0.250. The first kappa shape index (κ1) is 18.5. The van der Waals surface area contributed by atoms with Gasteiger partial charge in [0.2, 0.25) is 0 Å². The molecule has 0 aromatic carbocycles. The standard InChI is InChI=1S/C4H6O.C2H2F4.C2H3F/c1-3-5-4-2;3-1-2(4,5)6;1-2-3/h3-4H,1-2H2;1H2;2H,1H2. The molecular formula is C8H11F5O. The van der Waals surface area contributed by atoms with Crippen LogP contribution in [0.15, 0.2) is 38.6 Å². The number of ether oxygens (including phenoxy) is 1. The number of halogens is 5. The van der Waals surface area contributed by atoms with E-state index in [1.807, 2.05) is 0 Å². The minimum atomic E-state index is -4.62. The summed E-state index contributed by atoms with van der Waals surface area (Å²) in [6, 6.07) is 0. The second kappa shape index (κ2) is 14.2. The van der Waals surface area contributed by atoms with Crippen LogP contribution in [0.1, 0.15) is 0 Å². The monoisotopic (exact) mass is 218 g/mol. The zero-order valence-corrected chi connectivity index (χ0v) is 7.36. The number of hydrogen-bond donors (Lipinski definition) is 0. The van der Waals surface area contributed by atoms with Crippen LogP contribution in [0, 0.1) is 0 Å². The quantitative estimate of drug-likeness (QED) is 0.504. The van der Waals surface area contributed by atoms with E-state index in [9.17, 15) is 22.0 Å². The van der Waals surface area contributed by atoms with Gasteiger partial charge in [0.25, 0.3) is 0 Å². The molecule has 0 fully saturated rings. The number of alkyl halides is 4. The Labute approximate surface area is 79.2 Å². The highest BCUT2D eigenvalue weighted by Crippen LogP contribution is 2.13. The van der Waals surface area contributed by atoms with Gasteiger partial charge in [-0.1, -0.05) is 19.7 Å². The Morgan fingerprint density at radius 1 is 1.07 bits per heavy atom. The predicted molar refractivity (Wildman–Crippen MR) is 44.8 cm³/mol. The van der Waals surface area contributed by atoms with Gasteiger partial charge in [0, 0.05) is 0 Å². The largest absolute Gasteiger partial charge is 0.474 e. The molecular weight excluding hydrogens is 207 g/mol. The predicted octanol–water partition coefficient (Wildman–Crippen LogP) is 3.91. The summed E-state index contributed by atoms with van der Waals surface area (Å²) in [6.07, 6.45) is -1.75. The maximum atomic E-state index is 10.4. The second-order valence-corrected chi connectivity index (χ2v) is 1.37. The molecule has 0 saturated carbocycles. The lowest BCUT2D eigenvalue weighted by Crippen LogP contribution is -2.08. The Hall–Kier alpha value is -1.33. The summed E-state index contributed by atoms with van der Waals surface area (Å²) < 4.78 is 56.0. The minimum absolute atomic E-state index is 0.250. The Kier molecular flexibility index (Phi) is 18.7. The van der Waals surface area contributed by atoms with E-state index < -0.39 is 12.9 Å². The van der Waals surface area contributed by atoms with Crippen LogP contribution in [0.3, 0.4) is 0 Å². The van der Waals surface area contributed by atoms with E-state index in [1.54, 1.807) is 0 Å². The molecule has 14 heavy (non-hydrogen) atoms. The van der Waals surface area contributed by atoms with Crippen molar-refractivity contribution in [2.45, 2.75) is 6.18 Å². The average molecular weight is 218 g/mol. The molecule has 6 heteroatoms. The van der Waals surface area contributed by atoms with Gasteiger partial charge < -0.3 is 4.74 Å². The second-order valence-electron chi connectivity index (χ2n) is 1.37. The molecule has 0 aromatic rings. The topological polar surface area (TPSA) is 9.23 Å². The third kappa shape index (κ3) is 74.1.